The van der Waals surface area contributed by atoms with Crippen molar-refractivity contribution in [2.45, 2.75) is 45.4 Å². The van der Waals surface area contributed by atoms with Gasteiger partial charge in [-0.3, -0.25) is 9.59 Å². The van der Waals surface area contributed by atoms with Crippen LogP contribution in [0.1, 0.15) is 42.0 Å². The van der Waals surface area contributed by atoms with Crippen molar-refractivity contribution in [3.8, 4) is 0 Å². The Labute approximate surface area is 181 Å². The molecule has 3 aromatic rings. The molecule has 1 aliphatic heterocycles. The number of ether oxygens (including phenoxy) is 1. The summed E-state index contributed by atoms with van der Waals surface area (Å²) in [7, 11) is 0. The van der Waals surface area contributed by atoms with Crippen molar-refractivity contribution in [3.05, 3.63) is 65.5 Å². The van der Waals surface area contributed by atoms with Gasteiger partial charge in [-0.25, -0.2) is 4.98 Å². The van der Waals surface area contributed by atoms with Crippen LogP contribution in [0.25, 0.3) is 11.0 Å². The third-order valence-electron chi connectivity index (χ3n) is 5.42. The number of nitrogens with zero attached hydrogens (tertiary/aromatic N) is 2. The highest BCUT2D eigenvalue weighted by Crippen LogP contribution is 2.15. The number of hydrogen-bond acceptors (Lipinski definition) is 4. The van der Waals surface area contributed by atoms with Crippen molar-refractivity contribution in [1.29, 1.82) is 0 Å². The molecule has 162 valence electrons. The lowest BCUT2D eigenvalue weighted by Crippen LogP contribution is -2.48. The summed E-state index contributed by atoms with van der Waals surface area (Å²) in [6.07, 6.45) is 1.01. The number of benzene rings is 2. The van der Waals surface area contributed by atoms with E-state index >= 15 is 0 Å². The number of carbonyl (C=O) groups is 2. The van der Waals surface area contributed by atoms with Gasteiger partial charge in [0.05, 0.1) is 23.2 Å². The molecule has 2 aromatic carbocycles. The summed E-state index contributed by atoms with van der Waals surface area (Å²) < 4.78 is 5.70. The number of imidazole rings is 1. The lowest BCUT2D eigenvalue weighted by Gasteiger charge is -2.35. The van der Waals surface area contributed by atoms with E-state index < -0.39 is 0 Å². The van der Waals surface area contributed by atoms with Crippen LogP contribution in [-0.2, 0) is 22.5 Å². The van der Waals surface area contributed by atoms with E-state index in [1.54, 1.807) is 0 Å². The molecule has 0 bridgehead atoms. The van der Waals surface area contributed by atoms with Gasteiger partial charge >= 0.3 is 0 Å². The molecule has 2 amide bonds. The van der Waals surface area contributed by atoms with E-state index in [0.717, 1.165) is 22.4 Å². The zero-order valence-corrected chi connectivity index (χ0v) is 17.9. The molecule has 31 heavy (non-hydrogen) atoms. The maximum atomic E-state index is 12.7. The summed E-state index contributed by atoms with van der Waals surface area (Å²) in [5.41, 5.74) is 3.50. The van der Waals surface area contributed by atoms with Gasteiger partial charge < -0.3 is 19.9 Å². The standard InChI is InChI=1S/C24H28N4O3/c1-16-14-28(15-17(2)31-16)24(30)19-9-7-18(8-10-19)13-25-23(29)12-11-22-26-20-5-3-4-6-21(20)27-22/h3-10,16-17H,11-15H2,1-2H3,(H,25,29)(H,26,27). The first-order valence-corrected chi connectivity index (χ1v) is 10.7. The van der Waals surface area contributed by atoms with Crippen LogP contribution in [0.2, 0.25) is 0 Å². The number of aromatic nitrogens is 2. The Kier molecular flexibility index (Phi) is 6.32. The molecular formula is C24H28N4O3. The molecule has 1 fully saturated rings. The van der Waals surface area contributed by atoms with E-state index in [1.807, 2.05) is 67.3 Å². The molecule has 7 nitrogen and oxygen atoms in total. The van der Waals surface area contributed by atoms with Crippen LogP contribution in [-0.4, -0.2) is 52.0 Å². The second-order valence-electron chi connectivity index (χ2n) is 8.14. The maximum absolute atomic E-state index is 12.7. The molecule has 1 aliphatic rings. The Morgan fingerprint density at radius 2 is 1.81 bits per heavy atom. The van der Waals surface area contributed by atoms with Gasteiger partial charge in [0.2, 0.25) is 5.91 Å². The number of morpholine rings is 1. The van der Waals surface area contributed by atoms with Gasteiger partial charge in [0.15, 0.2) is 0 Å². The molecule has 2 atom stereocenters. The summed E-state index contributed by atoms with van der Waals surface area (Å²) in [5, 5.41) is 2.93. The van der Waals surface area contributed by atoms with Gasteiger partial charge in [0.25, 0.3) is 5.91 Å². The first kappa shape index (κ1) is 21.1. The van der Waals surface area contributed by atoms with Crippen LogP contribution in [0.15, 0.2) is 48.5 Å². The molecule has 0 aliphatic carbocycles. The van der Waals surface area contributed by atoms with Crippen molar-refractivity contribution in [2.24, 2.45) is 0 Å². The van der Waals surface area contributed by atoms with Gasteiger partial charge in [-0.05, 0) is 43.7 Å². The number of amides is 2. The van der Waals surface area contributed by atoms with E-state index in [4.69, 9.17) is 4.74 Å². The lowest BCUT2D eigenvalue weighted by atomic mass is 10.1. The summed E-state index contributed by atoms with van der Waals surface area (Å²) in [5.74, 6) is 0.797. The van der Waals surface area contributed by atoms with Crippen molar-refractivity contribution in [2.75, 3.05) is 13.1 Å². The van der Waals surface area contributed by atoms with Crippen LogP contribution < -0.4 is 5.32 Å². The minimum Gasteiger partial charge on any atom is -0.372 e. The number of aryl methyl sites for hydroxylation is 1. The van der Waals surface area contributed by atoms with E-state index in [1.165, 1.54) is 0 Å². The number of H-pyrrole nitrogens is 1. The van der Waals surface area contributed by atoms with Gasteiger partial charge in [-0.2, -0.15) is 0 Å². The largest absolute Gasteiger partial charge is 0.372 e. The Morgan fingerprint density at radius 1 is 1.10 bits per heavy atom. The predicted octanol–water partition coefficient (Wildman–Crippen LogP) is 3.06. The van der Waals surface area contributed by atoms with Crippen molar-refractivity contribution >= 4 is 22.8 Å². The quantitative estimate of drug-likeness (QED) is 0.642. The van der Waals surface area contributed by atoms with Crippen LogP contribution in [0.3, 0.4) is 0 Å². The molecule has 0 saturated carbocycles. The van der Waals surface area contributed by atoms with E-state index in [0.29, 0.717) is 38.0 Å². The predicted molar refractivity (Wildman–Crippen MR) is 119 cm³/mol. The number of para-hydroxylation sites is 2. The normalized spacial score (nSPS) is 18.8. The average molecular weight is 421 g/mol. The third-order valence-corrected chi connectivity index (χ3v) is 5.42. The second-order valence-corrected chi connectivity index (χ2v) is 8.14. The summed E-state index contributed by atoms with van der Waals surface area (Å²) in [4.78, 5) is 34.5. The number of aromatic amines is 1. The van der Waals surface area contributed by atoms with Gasteiger partial charge in [-0.15, -0.1) is 0 Å². The second kappa shape index (κ2) is 9.31. The van der Waals surface area contributed by atoms with E-state index in [9.17, 15) is 9.59 Å². The molecule has 2 heterocycles. The van der Waals surface area contributed by atoms with Gasteiger partial charge in [-0.1, -0.05) is 24.3 Å². The third kappa shape index (κ3) is 5.30. The maximum Gasteiger partial charge on any atom is 0.254 e. The van der Waals surface area contributed by atoms with Crippen LogP contribution in [0.5, 0.6) is 0 Å². The Morgan fingerprint density at radius 3 is 2.52 bits per heavy atom. The van der Waals surface area contributed by atoms with Gasteiger partial charge in [0, 0.05) is 38.0 Å². The minimum absolute atomic E-state index is 0.0171. The van der Waals surface area contributed by atoms with E-state index in [2.05, 4.69) is 15.3 Å². The lowest BCUT2D eigenvalue weighted by molar-refractivity contribution is -0.121. The number of rotatable bonds is 6. The van der Waals surface area contributed by atoms with Crippen molar-refractivity contribution in [1.82, 2.24) is 20.2 Å². The smallest absolute Gasteiger partial charge is 0.254 e. The molecule has 4 rings (SSSR count). The first-order chi connectivity index (χ1) is 15.0. The highest BCUT2D eigenvalue weighted by atomic mass is 16.5. The molecule has 0 spiro atoms. The fourth-order valence-corrected chi connectivity index (χ4v) is 3.94. The molecule has 0 radical (unpaired) electrons. The highest BCUT2D eigenvalue weighted by molar-refractivity contribution is 5.94. The molecule has 7 heteroatoms. The molecular weight excluding hydrogens is 392 g/mol. The van der Waals surface area contributed by atoms with Crippen molar-refractivity contribution in [3.63, 3.8) is 0 Å². The van der Waals surface area contributed by atoms with Gasteiger partial charge in [0.1, 0.15) is 5.82 Å². The molecule has 2 N–H and O–H groups in total. The Hall–Kier alpha value is -3.19. The zero-order chi connectivity index (χ0) is 21.8. The topological polar surface area (TPSA) is 87.3 Å². The number of fused-ring (bicyclic) bond motifs is 1. The summed E-state index contributed by atoms with van der Waals surface area (Å²) in [6, 6.07) is 15.2. The fourth-order valence-electron chi connectivity index (χ4n) is 3.94. The Bertz CT molecular complexity index is 1020. The highest BCUT2D eigenvalue weighted by Gasteiger charge is 2.26. The number of hydrogen-bond donors (Lipinski definition) is 2. The number of nitrogens with one attached hydrogen (secondary N) is 2. The fraction of sp³-hybridized carbons (Fsp3) is 0.375. The summed E-state index contributed by atoms with van der Waals surface area (Å²) >= 11 is 0. The number of carbonyl (C=O) groups excluding carboxylic acids is 2. The zero-order valence-electron chi connectivity index (χ0n) is 17.9. The monoisotopic (exact) mass is 420 g/mol. The molecule has 1 aromatic heterocycles. The Balaban J connectivity index is 1.26. The van der Waals surface area contributed by atoms with Crippen LogP contribution in [0, 0.1) is 0 Å². The van der Waals surface area contributed by atoms with Crippen LogP contribution in [0.4, 0.5) is 0 Å². The van der Waals surface area contributed by atoms with Crippen LogP contribution >= 0.6 is 0 Å². The first-order valence-electron chi connectivity index (χ1n) is 10.7. The van der Waals surface area contributed by atoms with Crippen molar-refractivity contribution < 1.29 is 14.3 Å². The van der Waals surface area contributed by atoms with E-state index in [-0.39, 0.29) is 24.0 Å². The minimum atomic E-state index is -0.0306. The average Bonchev–Trinajstić information content (AvgIpc) is 3.18. The summed E-state index contributed by atoms with van der Waals surface area (Å²) in [6.45, 7) is 5.60. The molecule has 2 unspecified atom stereocenters. The molecule has 1 saturated heterocycles. The SMILES string of the molecule is CC1CN(C(=O)c2ccc(CNC(=O)CCc3nc4ccccc4[nH]3)cc2)CC(C)O1.